The Morgan fingerprint density at radius 1 is 0.891 bits per heavy atom. The van der Waals surface area contributed by atoms with Crippen LogP contribution in [0.4, 0.5) is 16.3 Å². The molecule has 9 nitrogen and oxygen atoms in total. The van der Waals surface area contributed by atoms with Gasteiger partial charge in [0, 0.05) is 41.9 Å². The summed E-state index contributed by atoms with van der Waals surface area (Å²) in [6, 6.07) is 23.2. The lowest BCUT2D eigenvalue weighted by Gasteiger charge is -2.32. The van der Waals surface area contributed by atoms with Gasteiger partial charge in [-0.1, -0.05) is 56.7 Å². The number of piperidine rings is 1. The van der Waals surface area contributed by atoms with Crippen molar-refractivity contribution < 1.29 is 19.1 Å². The van der Waals surface area contributed by atoms with Crippen LogP contribution in [0.2, 0.25) is 0 Å². The number of anilines is 2. The molecule has 1 aliphatic heterocycles. The SMILES string of the molecule is COc1ccc(CC(=O)N2CCC(Cc3ccc(NC(=O)Nc4cc(C(C)(C)C)nn4-c4ccc(C)cc4)cc3)CC2)c(OC)c1. The third-order valence-corrected chi connectivity index (χ3v) is 8.54. The zero-order valence-corrected chi connectivity index (χ0v) is 27.7. The van der Waals surface area contributed by atoms with Crippen molar-refractivity contribution in [1.29, 1.82) is 0 Å². The average Bonchev–Trinajstić information content (AvgIpc) is 3.47. The van der Waals surface area contributed by atoms with Crippen LogP contribution in [0.15, 0.2) is 72.8 Å². The van der Waals surface area contributed by atoms with Crippen LogP contribution in [-0.2, 0) is 23.1 Å². The van der Waals surface area contributed by atoms with E-state index in [4.69, 9.17) is 14.6 Å². The highest BCUT2D eigenvalue weighted by Crippen LogP contribution is 2.29. The van der Waals surface area contributed by atoms with Gasteiger partial charge in [-0.3, -0.25) is 10.1 Å². The molecule has 1 aromatic heterocycles. The molecule has 5 rings (SSSR count). The molecule has 0 atom stereocenters. The van der Waals surface area contributed by atoms with Crippen molar-refractivity contribution in [1.82, 2.24) is 14.7 Å². The number of ether oxygens (including phenoxy) is 2. The Balaban J connectivity index is 1.13. The van der Waals surface area contributed by atoms with Crippen LogP contribution in [0.5, 0.6) is 11.5 Å². The average molecular weight is 624 g/mol. The van der Waals surface area contributed by atoms with E-state index >= 15 is 0 Å². The van der Waals surface area contributed by atoms with E-state index in [1.54, 1.807) is 18.9 Å². The van der Waals surface area contributed by atoms with Crippen LogP contribution in [0.1, 0.15) is 56.0 Å². The number of methoxy groups -OCH3 is 2. The first-order chi connectivity index (χ1) is 22.0. The van der Waals surface area contributed by atoms with Crippen LogP contribution >= 0.6 is 0 Å². The number of nitrogens with one attached hydrogen (secondary N) is 2. The molecule has 2 heterocycles. The fraction of sp³-hybridized carbons (Fsp3) is 0.378. The van der Waals surface area contributed by atoms with Gasteiger partial charge in [0.05, 0.1) is 32.0 Å². The number of benzene rings is 3. The fourth-order valence-electron chi connectivity index (χ4n) is 5.71. The van der Waals surface area contributed by atoms with Gasteiger partial charge in [-0.15, -0.1) is 0 Å². The van der Waals surface area contributed by atoms with Crippen molar-refractivity contribution in [2.24, 2.45) is 5.92 Å². The second-order valence-electron chi connectivity index (χ2n) is 13.1. The first kappa shape index (κ1) is 32.6. The molecule has 1 aliphatic rings. The largest absolute Gasteiger partial charge is 0.497 e. The van der Waals surface area contributed by atoms with Crippen molar-refractivity contribution in [3.05, 3.63) is 95.2 Å². The van der Waals surface area contributed by atoms with Gasteiger partial charge in [-0.2, -0.15) is 5.10 Å². The first-order valence-corrected chi connectivity index (χ1v) is 15.9. The molecule has 0 radical (unpaired) electrons. The summed E-state index contributed by atoms with van der Waals surface area (Å²) in [6.07, 6.45) is 3.16. The zero-order valence-electron chi connectivity index (χ0n) is 27.7. The number of amides is 3. The number of urea groups is 1. The molecule has 0 spiro atoms. The Hall–Kier alpha value is -4.79. The lowest BCUT2D eigenvalue weighted by molar-refractivity contribution is -0.131. The molecule has 0 bridgehead atoms. The van der Waals surface area contributed by atoms with E-state index in [0.29, 0.717) is 35.3 Å². The van der Waals surface area contributed by atoms with E-state index in [2.05, 4.69) is 43.5 Å². The molecule has 3 amide bonds. The predicted molar refractivity (Wildman–Crippen MR) is 182 cm³/mol. The Kier molecular flexibility index (Phi) is 9.99. The predicted octanol–water partition coefficient (Wildman–Crippen LogP) is 7.16. The number of rotatable bonds is 9. The number of aromatic nitrogens is 2. The highest BCUT2D eigenvalue weighted by molar-refractivity contribution is 5.99. The third-order valence-electron chi connectivity index (χ3n) is 8.54. The highest BCUT2D eigenvalue weighted by Gasteiger charge is 2.24. The van der Waals surface area contributed by atoms with Crippen LogP contribution in [0.3, 0.4) is 0 Å². The summed E-state index contributed by atoms with van der Waals surface area (Å²) in [6.45, 7) is 9.84. The van der Waals surface area contributed by atoms with Gasteiger partial charge in [0.15, 0.2) is 0 Å². The van der Waals surface area contributed by atoms with Crippen LogP contribution in [0, 0.1) is 12.8 Å². The number of hydrogen-bond acceptors (Lipinski definition) is 5. The van der Waals surface area contributed by atoms with Crippen molar-refractivity contribution in [3.63, 3.8) is 0 Å². The molecule has 0 saturated carbocycles. The summed E-state index contributed by atoms with van der Waals surface area (Å²) in [5.41, 5.74) is 5.55. The summed E-state index contributed by atoms with van der Waals surface area (Å²) >= 11 is 0. The summed E-state index contributed by atoms with van der Waals surface area (Å²) < 4.78 is 12.5. The molecule has 46 heavy (non-hydrogen) atoms. The van der Waals surface area contributed by atoms with E-state index in [0.717, 1.165) is 54.9 Å². The van der Waals surface area contributed by atoms with E-state index in [1.165, 1.54) is 5.56 Å². The van der Waals surface area contributed by atoms with E-state index in [1.807, 2.05) is 72.5 Å². The molecule has 9 heteroatoms. The topological polar surface area (TPSA) is 97.7 Å². The normalized spacial score (nSPS) is 13.7. The number of hydrogen-bond donors (Lipinski definition) is 2. The van der Waals surface area contributed by atoms with Crippen LogP contribution in [0.25, 0.3) is 5.69 Å². The van der Waals surface area contributed by atoms with Gasteiger partial charge < -0.3 is 19.7 Å². The molecule has 0 unspecified atom stereocenters. The molecule has 242 valence electrons. The fourth-order valence-corrected chi connectivity index (χ4v) is 5.71. The minimum Gasteiger partial charge on any atom is -0.497 e. The van der Waals surface area contributed by atoms with Crippen LogP contribution in [-0.4, -0.2) is 53.9 Å². The minimum atomic E-state index is -0.328. The minimum absolute atomic E-state index is 0.118. The maximum Gasteiger partial charge on any atom is 0.324 e. The molecular formula is C37H45N5O4. The lowest BCUT2D eigenvalue weighted by atomic mass is 9.90. The molecule has 0 aliphatic carbocycles. The molecule has 1 fully saturated rings. The van der Waals surface area contributed by atoms with E-state index < -0.39 is 0 Å². The third kappa shape index (κ3) is 8.07. The Bertz CT molecular complexity index is 1650. The molecule has 1 saturated heterocycles. The summed E-state index contributed by atoms with van der Waals surface area (Å²) in [5, 5.41) is 10.7. The van der Waals surface area contributed by atoms with Crippen LogP contribution < -0.4 is 20.1 Å². The molecule has 4 aromatic rings. The highest BCUT2D eigenvalue weighted by atomic mass is 16.5. The number of likely N-dealkylation sites (tertiary alicyclic amines) is 1. The van der Waals surface area contributed by atoms with Gasteiger partial charge in [0.2, 0.25) is 5.91 Å². The number of nitrogens with zero attached hydrogens (tertiary/aromatic N) is 3. The first-order valence-electron chi connectivity index (χ1n) is 15.9. The van der Waals surface area contributed by atoms with Gasteiger partial charge in [0.1, 0.15) is 17.3 Å². The van der Waals surface area contributed by atoms with E-state index in [-0.39, 0.29) is 17.4 Å². The molecular weight excluding hydrogens is 578 g/mol. The second kappa shape index (κ2) is 14.1. The summed E-state index contributed by atoms with van der Waals surface area (Å²) in [4.78, 5) is 28.0. The Labute approximate surface area is 271 Å². The zero-order chi connectivity index (χ0) is 32.8. The Morgan fingerprint density at radius 3 is 2.22 bits per heavy atom. The number of aryl methyl sites for hydroxylation is 1. The standard InChI is InChI=1S/C37H45N5O4/c1-25-7-14-30(15-8-25)42-34(24-33(40-42)37(2,3)4)39-36(44)38-29-12-9-26(10-13-29)21-27-17-19-41(20-18-27)35(43)22-28-11-16-31(45-5)23-32(28)46-6/h7-16,23-24,27H,17-22H2,1-6H3,(H2,38,39,44). The second-order valence-corrected chi connectivity index (χ2v) is 13.1. The maximum absolute atomic E-state index is 13.0. The van der Waals surface area contributed by atoms with Crippen molar-refractivity contribution >= 4 is 23.4 Å². The van der Waals surface area contributed by atoms with Gasteiger partial charge >= 0.3 is 6.03 Å². The number of carbonyl (C=O) groups is 2. The molecule has 2 N–H and O–H groups in total. The van der Waals surface area contributed by atoms with Gasteiger partial charge in [-0.05, 0) is 68.0 Å². The molecule has 3 aromatic carbocycles. The maximum atomic E-state index is 13.0. The van der Waals surface area contributed by atoms with Gasteiger partial charge in [0.25, 0.3) is 0 Å². The summed E-state index contributed by atoms with van der Waals surface area (Å²) in [5.74, 6) is 2.60. The van der Waals surface area contributed by atoms with Crippen molar-refractivity contribution in [3.8, 4) is 17.2 Å². The Morgan fingerprint density at radius 2 is 1.59 bits per heavy atom. The quantitative estimate of drug-likeness (QED) is 0.206. The summed E-state index contributed by atoms with van der Waals surface area (Å²) in [7, 11) is 3.22. The van der Waals surface area contributed by atoms with Gasteiger partial charge in [-0.25, -0.2) is 9.48 Å². The van der Waals surface area contributed by atoms with E-state index in [9.17, 15) is 9.59 Å². The monoisotopic (exact) mass is 623 g/mol. The van der Waals surface area contributed by atoms with Crippen molar-refractivity contribution in [2.75, 3.05) is 37.9 Å². The number of carbonyl (C=O) groups excluding carboxylic acids is 2. The smallest absolute Gasteiger partial charge is 0.324 e. The lowest BCUT2D eigenvalue weighted by Crippen LogP contribution is -2.39. The van der Waals surface area contributed by atoms with Crippen molar-refractivity contribution in [2.45, 2.75) is 58.8 Å².